The van der Waals surface area contributed by atoms with E-state index in [2.05, 4.69) is 10.6 Å². The summed E-state index contributed by atoms with van der Waals surface area (Å²) in [5, 5.41) is 5.47. The molecule has 1 aromatic carbocycles. The van der Waals surface area contributed by atoms with Gasteiger partial charge in [0, 0.05) is 25.7 Å². The fraction of sp³-hybridized carbons (Fsp3) is 0.500. The molecule has 2 rings (SSSR count). The minimum absolute atomic E-state index is 0.144. The van der Waals surface area contributed by atoms with Gasteiger partial charge in [0.15, 0.2) is 0 Å². The molecule has 2 N–H and O–H groups in total. The number of hydrogen-bond acceptors (Lipinski definition) is 4. The number of nitrogens with zero attached hydrogens (tertiary/aromatic N) is 1. The van der Waals surface area contributed by atoms with Gasteiger partial charge in [-0.25, -0.2) is 8.42 Å². The van der Waals surface area contributed by atoms with Gasteiger partial charge in [-0.2, -0.15) is 4.31 Å². The van der Waals surface area contributed by atoms with E-state index < -0.39 is 16.1 Å². The van der Waals surface area contributed by atoms with Crippen LogP contribution in [0.4, 0.5) is 5.69 Å². The summed E-state index contributed by atoms with van der Waals surface area (Å²) in [6, 6.07) is 6.49. The molecule has 0 unspecified atom stereocenters. The van der Waals surface area contributed by atoms with Crippen LogP contribution >= 0.6 is 0 Å². The highest BCUT2D eigenvalue weighted by molar-refractivity contribution is 7.88. The molecule has 132 valence electrons. The number of anilines is 1. The Morgan fingerprint density at radius 1 is 1.21 bits per heavy atom. The molecule has 0 aliphatic carbocycles. The van der Waals surface area contributed by atoms with Gasteiger partial charge in [0.1, 0.15) is 6.04 Å². The van der Waals surface area contributed by atoms with Crippen LogP contribution in [0.1, 0.15) is 31.7 Å². The molecule has 24 heavy (non-hydrogen) atoms. The third kappa shape index (κ3) is 5.04. The second-order valence-electron chi connectivity index (χ2n) is 5.98. The van der Waals surface area contributed by atoms with Gasteiger partial charge in [-0.15, -0.1) is 0 Å². The monoisotopic (exact) mass is 353 g/mol. The molecule has 7 nitrogen and oxygen atoms in total. The summed E-state index contributed by atoms with van der Waals surface area (Å²) in [5.74, 6) is -0.416. The lowest BCUT2D eigenvalue weighted by molar-refractivity contribution is -0.125. The quantitative estimate of drug-likeness (QED) is 0.828. The minimum atomic E-state index is -3.39. The standard InChI is InChI=1S/C16H23N3O4S/c1-12(20)18-14-8-6-13(7-9-14)11-17-16(21)15-5-3-4-10-19(15)24(2,22)23/h6-9,15H,3-5,10-11H2,1-2H3,(H,17,21)(H,18,20)/t15-/m0/s1. The Bertz CT molecular complexity index is 701. The predicted molar refractivity (Wildman–Crippen MR) is 91.8 cm³/mol. The summed E-state index contributed by atoms with van der Waals surface area (Å²) in [7, 11) is -3.39. The first-order valence-corrected chi connectivity index (χ1v) is 9.73. The number of hydrogen-bond donors (Lipinski definition) is 2. The predicted octanol–water partition coefficient (Wildman–Crippen LogP) is 1.08. The largest absolute Gasteiger partial charge is 0.351 e. The molecule has 1 atom stereocenters. The molecule has 0 bridgehead atoms. The normalized spacial score (nSPS) is 18.8. The number of piperidine rings is 1. The summed E-state index contributed by atoms with van der Waals surface area (Å²) in [6.45, 7) is 2.14. The molecule has 1 aromatic rings. The van der Waals surface area contributed by atoms with Crippen LogP contribution in [0.5, 0.6) is 0 Å². The molecule has 1 heterocycles. The Kier molecular flexibility index (Phi) is 5.95. The third-order valence-electron chi connectivity index (χ3n) is 3.92. The van der Waals surface area contributed by atoms with Crippen LogP contribution in [-0.2, 0) is 26.2 Å². The number of amides is 2. The van der Waals surface area contributed by atoms with E-state index in [9.17, 15) is 18.0 Å². The fourth-order valence-electron chi connectivity index (χ4n) is 2.78. The van der Waals surface area contributed by atoms with E-state index >= 15 is 0 Å². The molecule has 0 saturated carbocycles. The van der Waals surface area contributed by atoms with Gasteiger partial charge in [-0.1, -0.05) is 18.6 Å². The maximum atomic E-state index is 12.4. The maximum Gasteiger partial charge on any atom is 0.238 e. The molecule has 1 aliphatic rings. The van der Waals surface area contributed by atoms with Crippen molar-refractivity contribution in [2.24, 2.45) is 0 Å². The van der Waals surface area contributed by atoms with Crippen LogP contribution in [0.15, 0.2) is 24.3 Å². The van der Waals surface area contributed by atoms with Crippen molar-refractivity contribution in [3.05, 3.63) is 29.8 Å². The lowest BCUT2D eigenvalue weighted by atomic mass is 10.0. The van der Waals surface area contributed by atoms with Crippen LogP contribution in [0, 0.1) is 0 Å². The highest BCUT2D eigenvalue weighted by atomic mass is 32.2. The first-order valence-electron chi connectivity index (χ1n) is 7.88. The van der Waals surface area contributed by atoms with Crippen molar-refractivity contribution in [3.63, 3.8) is 0 Å². The first-order chi connectivity index (χ1) is 11.3. The zero-order chi connectivity index (χ0) is 17.7. The summed E-state index contributed by atoms with van der Waals surface area (Å²) in [6.07, 6.45) is 3.30. The number of rotatable bonds is 5. The molecular formula is C16H23N3O4S. The molecule has 1 saturated heterocycles. The Hall–Kier alpha value is -1.93. The SMILES string of the molecule is CC(=O)Nc1ccc(CNC(=O)[C@@H]2CCCCN2S(C)(=O)=O)cc1. The molecule has 2 amide bonds. The average molecular weight is 353 g/mol. The Morgan fingerprint density at radius 3 is 2.46 bits per heavy atom. The minimum Gasteiger partial charge on any atom is -0.351 e. The molecule has 1 aliphatic heterocycles. The second-order valence-corrected chi connectivity index (χ2v) is 7.92. The van der Waals surface area contributed by atoms with Gasteiger partial charge in [-0.3, -0.25) is 9.59 Å². The van der Waals surface area contributed by atoms with Gasteiger partial charge < -0.3 is 10.6 Å². The third-order valence-corrected chi connectivity index (χ3v) is 5.21. The lowest BCUT2D eigenvalue weighted by Crippen LogP contribution is -2.51. The van der Waals surface area contributed by atoms with Crippen molar-refractivity contribution in [1.82, 2.24) is 9.62 Å². The zero-order valence-corrected chi connectivity index (χ0v) is 14.7. The van der Waals surface area contributed by atoms with Crippen molar-refractivity contribution < 1.29 is 18.0 Å². The van der Waals surface area contributed by atoms with E-state index in [1.807, 2.05) is 0 Å². The van der Waals surface area contributed by atoms with Crippen molar-refractivity contribution in [2.75, 3.05) is 18.1 Å². The van der Waals surface area contributed by atoms with Crippen LogP contribution in [0.3, 0.4) is 0 Å². The molecule has 0 spiro atoms. The van der Waals surface area contributed by atoms with Gasteiger partial charge in [-0.05, 0) is 30.5 Å². The molecule has 0 aromatic heterocycles. The molecule has 0 radical (unpaired) electrons. The van der Waals surface area contributed by atoms with E-state index in [0.717, 1.165) is 24.7 Å². The summed E-state index contributed by atoms with van der Waals surface area (Å²) >= 11 is 0. The number of benzene rings is 1. The topological polar surface area (TPSA) is 95.6 Å². The molecule has 8 heteroatoms. The van der Waals surface area contributed by atoms with E-state index in [1.165, 1.54) is 11.2 Å². The van der Waals surface area contributed by atoms with Gasteiger partial charge in [0.2, 0.25) is 21.8 Å². The lowest BCUT2D eigenvalue weighted by Gasteiger charge is -2.32. The molecule has 1 fully saturated rings. The van der Waals surface area contributed by atoms with Gasteiger partial charge in [0.05, 0.1) is 6.26 Å². The Morgan fingerprint density at radius 2 is 1.88 bits per heavy atom. The van der Waals surface area contributed by atoms with Crippen molar-refractivity contribution in [2.45, 2.75) is 38.8 Å². The highest BCUT2D eigenvalue weighted by Crippen LogP contribution is 2.20. The van der Waals surface area contributed by atoms with E-state index in [0.29, 0.717) is 25.2 Å². The average Bonchev–Trinajstić information content (AvgIpc) is 2.52. The summed E-state index contributed by atoms with van der Waals surface area (Å²) < 4.78 is 24.9. The molecular weight excluding hydrogens is 330 g/mol. The number of sulfonamides is 1. The van der Waals surface area contributed by atoms with Crippen LogP contribution < -0.4 is 10.6 Å². The summed E-state index contributed by atoms with van der Waals surface area (Å²) in [5.41, 5.74) is 1.56. The van der Waals surface area contributed by atoms with E-state index in [4.69, 9.17) is 0 Å². The van der Waals surface area contributed by atoms with Crippen LogP contribution in [0.2, 0.25) is 0 Å². The van der Waals surface area contributed by atoms with Gasteiger partial charge in [0.25, 0.3) is 0 Å². The number of carbonyl (C=O) groups excluding carboxylic acids is 2. The zero-order valence-electron chi connectivity index (χ0n) is 13.9. The van der Waals surface area contributed by atoms with Crippen molar-refractivity contribution in [3.8, 4) is 0 Å². The summed E-state index contributed by atoms with van der Waals surface area (Å²) in [4.78, 5) is 23.3. The van der Waals surface area contributed by atoms with E-state index in [-0.39, 0.29) is 11.8 Å². The van der Waals surface area contributed by atoms with Crippen LogP contribution in [0.25, 0.3) is 0 Å². The van der Waals surface area contributed by atoms with E-state index in [1.54, 1.807) is 24.3 Å². The van der Waals surface area contributed by atoms with Crippen molar-refractivity contribution >= 4 is 27.5 Å². The van der Waals surface area contributed by atoms with Crippen molar-refractivity contribution in [1.29, 1.82) is 0 Å². The maximum absolute atomic E-state index is 12.4. The smallest absolute Gasteiger partial charge is 0.238 e. The highest BCUT2D eigenvalue weighted by Gasteiger charge is 2.34. The second kappa shape index (κ2) is 7.76. The Labute approximate surface area is 142 Å². The van der Waals surface area contributed by atoms with Gasteiger partial charge >= 0.3 is 0 Å². The number of carbonyl (C=O) groups is 2. The Balaban J connectivity index is 1.95. The van der Waals surface area contributed by atoms with Crippen LogP contribution in [-0.4, -0.2) is 43.4 Å². The first kappa shape index (κ1) is 18.4. The fourth-order valence-corrected chi connectivity index (χ4v) is 3.90. The number of nitrogens with one attached hydrogen (secondary N) is 2.